The van der Waals surface area contributed by atoms with E-state index in [0.717, 1.165) is 22.9 Å². The van der Waals surface area contributed by atoms with Crippen LogP contribution in [-0.2, 0) is 11.4 Å². The lowest BCUT2D eigenvalue weighted by molar-refractivity contribution is 0.123. The molecule has 1 aromatic heterocycles. The lowest BCUT2D eigenvalue weighted by Gasteiger charge is -2.34. The van der Waals surface area contributed by atoms with Crippen LogP contribution in [0.1, 0.15) is 45.0 Å². The molecule has 0 spiro atoms. The first-order valence-corrected chi connectivity index (χ1v) is 8.86. The van der Waals surface area contributed by atoms with Gasteiger partial charge in [0.25, 0.3) is 0 Å². The molecule has 1 aromatic carbocycles. The van der Waals surface area contributed by atoms with E-state index in [0.29, 0.717) is 12.0 Å². The van der Waals surface area contributed by atoms with Crippen molar-refractivity contribution in [2.24, 2.45) is 21.9 Å². The minimum absolute atomic E-state index is 0.214. The lowest BCUT2D eigenvalue weighted by Crippen LogP contribution is -2.32. The number of para-hydroxylation sites is 1. The van der Waals surface area contributed by atoms with Gasteiger partial charge in [-0.1, -0.05) is 38.1 Å². The summed E-state index contributed by atoms with van der Waals surface area (Å²) >= 11 is 1.69. The average Bonchev–Trinajstić information content (AvgIpc) is 3.05. The molecule has 2 fully saturated rings. The number of thiazole rings is 1. The first-order valence-electron chi connectivity index (χ1n) is 8.04. The number of nitrogens with zero attached hydrogens (tertiary/aromatic N) is 2. The molecule has 0 unspecified atom stereocenters. The monoisotopic (exact) mass is 314 g/mol. The molecule has 2 aliphatic rings. The van der Waals surface area contributed by atoms with Gasteiger partial charge in [-0.15, -0.1) is 11.3 Å². The van der Waals surface area contributed by atoms with Crippen molar-refractivity contribution in [1.82, 2.24) is 4.98 Å². The fourth-order valence-electron chi connectivity index (χ4n) is 4.21. The Morgan fingerprint density at radius 1 is 1.32 bits per heavy atom. The summed E-state index contributed by atoms with van der Waals surface area (Å²) in [7, 11) is 0. The Bertz CT molecular complexity index is 715. The summed E-state index contributed by atoms with van der Waals surface area (Å²) < 4.78 is 1.21. The molecule has 4 heteroatoms. The predicted molar refractivity (Wildman–Crippen MR) is 91.1 cm³/mol. The third-order valence-electron chi connectivity index (χ3n) is 6.21. The Hall–Kier alpha value is -1.42. The van der Waals surface area contributed by atoms with Gasteiger partial charge in [-0.2, -0.15) is 0 Å². The summed E-state index contributed by atoms with van der Waals surface area (Å²) in [6.45, 7) is 7.62. The summed E-state index contributed by atoms with van der Waals surface area (Å²) in [6, 6.07) is 8.21. The highest BCUT2D eigenvalue weighted by Gasteiger charge is 2.60. The summed E-state index contributed by atoms with van der Waals surface area (Å²) in [5.41, 5.74) is 2.87. The van der Waals surface area contributed by atoms with Crippen LogP contribution in [0.2, 0.25) is 0 Å². The van der Waals surface area contributed by atoms with Gasteiger partial charge in [0.05, 0.1) is 15.9 Å². The molecule has 0 saturated heterocycles. The van der Waals surface area contributed by atoms with E-state index < -0.39 is 0 Å². The van der Waals surface area contributed by atoms with Crippen LogP contribution in [0.5, 0.6) is 0 Å². The van der Waals surface area contributed by atoms with E-state index in [2.05, 4.69) is 37.0 Å². The summed E-state index contributed by atoms with van der Waals surface area (Å²) in [5, 5.41) is 5.52. The maximum absolute atomic E-state index is 5.68. The second kappa shape index (κ2) is 4.79. The van der Waals surface area contributed by atoms with E-state index in [1.807, 2.05) is 18.2 Å². The van der Waals surface area contributed by atoms with Gasteiger partial charge in [-0.25, -0.2) is 4.98 Å². The fraction of sp³-hybridized carbons (Fsp3) is 0.556. The van der Waals surface area contributed by atoms with Crippen molar-refractivity contribution in [1.29, 1.82) is 0 Å². The lowest BCUT2D eigenvalue weighted by atomic mass is 9.70. The second-order valence-electron chi connectivity index (χ2n) is 7.38. The molecule has 0 amide bonds. The van der Waals surface area contributed by atoms with Gasteiger partial charge < -0.3 is 4.84 Å². The number of fused-ring (bicyclic) bond motifs is 3. The van der Waals surface area contributed by atoms with E-state index >= 15 is 0 Å². The molecule has 22 heavy (non-hydrogen) atoms. The minimum atomic E-state index is 0.214. The number of aromatic nitrogens is 1. The molecule has 2 aromatic rings. The summed E-state index contributed by atoms with van der Waals surface area (Å²) in [4.78, 5) is 10.3. The number of oxime groups is 1. The Kier molecular flexibility index (Phi) is 3.09. The van der Waals surface area contributed by atoms with Crippen molar-refractivity contribution in [2.45, 2.75) is 46.6 Å². The number of benzene rings is 1. The SMILES string of the molecule is CC1(C)[C@@H]2CC[C@@]1(C)/C(=N/OCc1nc3ccccc3s1)C2. The van der Waals surface area contributed by atoms with Crippen LogP contribution in [0.4, 0.5) is 0 Å². The molecular formula is C18H22N2OS. The van der Waals surface area contributed by atoms with Crippen molar-refractivity contribution in [3.05, 3.63) is 29.3 Å². The molecular weight excluding hydrogens is 292 g/mol. The van der Waals surface area contributed by atoms with Crippen molar-refractivity contribution in [3.8, 4) is 0 Å². The van der Waals surface area contributed by atoms with Crippen LogP contribution in [0, 0.1) is 16.7 Å². The van der Waals surface area contributed by atoms with Gasteiger partial charge >= 0.3 is 0 Å². The van der Waals surface area contributed by atoms with Crippen LogP contribution >= 0.6 is 11.3 Å². The molecule has 4 rings (SSSR count). The van der Waals surface area contributed by atoms with Gasteiger partial charge in [0.15, 0.2) is 6.61 Å². The van der Waals surface area contributed by atoms with Crippen LogP contribution in [0.25, 0.3) is 10.2 Å². The Balaban J connectivity index is 1.49. The van der Waals surface area contributed by atoms with Gasteiger partial charge in [0, 0.05) is 5.41 Å². The largest absolute Gasteiger partial charge is 0.388 e. The normalized spacial score (nSPS) is 31.2. The first-order chi connectivity index (χ1) is 10.5. The molecule has 0 N–H and O–H groups in total. The number of hydrogen-bond acceptors (Lipinski definition) is 4. The van der Waals surface area contributed by atoms with Crippen molar-refractivity contribution < 1.29 is 4.84 Å². The smallest absolute Gasteiger partial charge is 0.168 e. The Labute approximate surface area is 135 Å². The molecule has 2 aliphatic carbocycles. The third kappa shape index (κ3) is 1.93. The van der Waals surface area contributed by atoms with Gasteiger partial charge in [0.1, 0.15) is 5.01 Å². The van der Waals surface area contributed by atoms with Crippen molar-refractivity contribution in [3.63, 3.8) is 0 Å². The minimum Gasteiger partial charge on any atom is -0.388 e. The maximum Gasteiger partial charge on any atom is 0.168 e. The van der Waals surface area contributed by atoms with Crippen LogP contribution in [0.15, 0.2) is 29.4 Å². The van der Waals surface area contributed by atoms with E-state index in [4.69, 9.17) is 4.84 Å². The van der Waals surface area contributed by atoms with Crippen molar-refractivity contribution >= 4 is 27.3 Å². The van der Waals surface area contributed by atoms with E-state index in [1.54, 1.807) is 11.3 Å². The highest BCUT2D eigenvalue weighted by molar-refractivity contribution is 7.18. The van der Waals surface area contributed by atoms with E-state index in [-0.39, 0.29) is 5.41 Å². The molecule has 1 heterocycles. The first kappa shape index (κ1) is 14.2. The van der Waals surface area contributed by atoms with E-state index in [9.17, 15) is 0 Å². The number of hydrogen-bond donors (Lipinski definition) is 0. The maximum atomic E-state index is 5.68. The average molecular weight is 314 g/mol. The fourth-order valence-corrected chi connectivity index (χ4v) is 5.09. The van der Waals surface area contributed by atoms with Gasteiger partial charge in [-0.3, -0.25) is 0 Å². The second-order valence-corrected chi connectivity index (χ2v) is 8.50. The van der Waals surface area contributed by atoms with Crippen molar-refractivity contribution in [2.75, 3.05) is 0 Å². The molecule has 0 aliphatic heterocycles. The summed E-state index contributed by atoms with van der Waals surface area (Å²) in [6.07, 6.45) is 3.68. The van der Waals surface area contributed by atoms with Gasteiger partial charge in [0.2, 0.25) is 0 Å². The molecule has 2 saturated carbocycles. The quantitative estimate of drug-likeness (QED) is 0.746. The Morgan fingerprint density at radius 2 is 2.14 bits per heavy atom. The molecule has 3 nitrogen and oxygen atoms in total. The zero-order chi connectivity index (χ0) is 15.4. The molecule has 2 bridgehead atoms. The van der Waals surface area contributed by atoms with Crippen LogP contribution in [0.3, 0.4) is 0 Å². The molecule has 116 valence electrons. The highest BCUT2D eigenvalue weighted by Crippen LogP contribution is 2.64. The predicted octanol–water partition coefficient (Wildman–Crippen LogP) is 5.02. The highest BCUT2D eigenvalue weighted by atomic mass is 32.1. The summed E-state index contributed by atoms with van der Waals surface area (Å²) in [5.74, 6) is 0.766. The molecule has 2 atom stereocenters. The topological polar surface area (TPSA) is 34.5 Å². The Morgan fingerprint density at radius 3 is 2.82 bits per heavy atom. The number of rotatable bonds is 3. The zero-order valence-electron chi connectivity index (χ0n) is 13.4. The standard InChI is InChI=1S/C18H22N2OS/c1-17(2)12-8-9-18(17,3)15(10-12)20-21-11-16-19-13-6-4-5-7-14(13)22-16/h4-7,12H,8-11H2,1-3H3/b20-15+/t12-,18+/m1/s1. The zero-order valence-corrected chi connectivity index (χ0v) is 14.2. The van der Waals surface area contributed by atoms with E-state index in [1.165, 1.54) is 23.3 Å². The third-order valence-corrected chi connectivity index (χ3v) is 7.22. The molecule has 0 radical (unpaired) electrons. The van der Waals surface area contributed by atoms with Gasteiger partial charge in [-0.05, 0) is 42.7 Å². The van der Waals surface area contributed by atoms with Crippen LogP contribution in [-0.4, -0.2) is 10.7 Å². The van der Waals surface area contributed by atoms with Crippen LogP contribution < -0.4 is 0 Å².